The zero-order valence-electron chi connectivity index (χ0n) is 9.54. The molecule has 0 amide bonds. The number of ether oxygens (including phenoxy) is 2. The first kappa shape index (κ1) is 12.4. The van der Waals surface area contributed by atoms with Crippen LogP contribution < -0.4 is 5.90 Å². The van der Waals surface area contributed by atoms with Crippen LogP contribution in [0.3, 0.4) is 0 Å². The summed E-state index contributed by atoms with van der Waals surface area (Å²) in [5.74, 6) is 4.80. The molecule has 5 nitrogen and oxygen atoms in total. The quantitative estimate of drug-likeness (QED) is 0.546. The average Bonchev–Trinajstić information content (AvgIpc) is 2.16. The first-order valence-corrected chi connectivity index (χ1v) is 5.09. The summed E-state index contributed by atoms with van der Waals surface area (Å²) in [6.07, 6.45) is 0.886. The molecule has 2 N–H and O–H groups in total. The Balaban J connectivity index is 2.68. The van der Waals surface area contributed by atoms with Crippen molar-refractivity contribution in [1.29, 1.82) is 0 Å². The summed E-state index contributed by atoms with van der Waals surface area (Å²) in [6, 6.07) is 0. The van der Waals surface area contributed by atoms with Gasteiger partial charge in [-0.15, -0.1) is 0 Å². The number of hydrogen-bond acceptors (Lipinski definition) is 5. The SMILES string of the molecule is CC(C)(C)OC(=O)C1(ON)CCOCC1. The topological polar surface area (TPSA) is 70.8 Å². The fraction of sp³-hybridized carbons (Fsp3) is 0.900. The molecule has 1 fully saturated rings. The van der Waals surface area contributed by atoms with Crippen LogP contribution in [0.25, 0.3) is 0 Å². The Hall–Kier alpha value is -0.650. The van der Waals surface area contributed by atoms with Crippen LogP contribution in [-0.2, 0) is 19.1 Å². The van der Waals surface area contributed by atoms with E-state index in [0.29, 0.717) is 26.1 Å². The van der Waals surface area contributed by atoms with E-state index in [-0.39, 0.29) is 0 Å². The predicted octanol–water partition coefficient (Wildman–Crippen LogP) is 0.768. The maximum atomic E-state index is 11.9. The van der Waals surface area contributed by atoms with E-state index in [0.717, 1.165) is 0 Å². The Morgan fingerprint density at radius 3 is 2.27 bits per heavy atom. The lowest BCUT2D eigenvalue weighted by Gasteiger charge is -2.34. The zero-order chi connectivity index (χ0) is 11.5. The van der Waals surface area contributed by atoms with E-state index in [1.807, 2.05) is 20.8 Å². The van der Waals surface area contributed by atoms with Gasteiger partial charge < -0.3 is 9.47 Å². The van der Waals surface area contributed by atoms with Crippen LogP contribution in [0.2, 0.25) is 0 Å². The largest absolute Gasteiger partial charge is 0.458 e. The van der Waals surface area contributed by atoms with Gasteiger partial charge >= 0.3 is 5.97 Å². The van der Waals surface area contributed by atoms with E-state index in [1.54, 1.807) is 0 Å². The molecule has 15 heavy (non-hydrogen) atoms. The highest BCUT2D eigenvalue weighted by atomic mass is 16.7. The van der Waals surface area contributed by atoms with E-state index in [2.05, 4.69) is 0 Å². The minimum absolute atomic E-state index is 0.402. The van der Waals surface area contributed by atoms with Gasteiger partial charge in [-0.1, -0.05) is 0 Å². The maximum Gasteiger partial charge on any atom is 0.341 e. The second-order valence-corrected chi connectivity index (χ2v) is 4.73. The molecule has 0 bridgehead atoms. The molecule has 1 aliphatic rings. The first-order chi connectivity index (χ1) is 6.90. The minimum atomic E-state index is -1.02. The third-order valence-corrected chi connectivity index (χ3v) is 2.30. The van der Waals surface area contributed by atoms with E-state index >= 15 is 0 Å². The van der Waals surface area contributed by atoms with Crippen LogP contribution in [0.15, 0.2) is 0 Å². The number of rotatable bonds is 2. The Morgan fingerprint density at radius 2 is 1.87 bits per heavy atom. The van der Waals surface area contributed by atoms with Crippen molar-refractivity contribution in [2.75, 3.05) is 13.2 Å². The minimum Gasteiger partial charge on any atom is -0.458 e. The van der Waals surface area contributed by atoms with Gasteiger partial charge in [-0.2, -0.15) is 0 Å². The van der Waals surface area contributed by atoms with Gasteiger partial charge in [-0.25, -0.2) is 10.7 Å². The van der Waals surface area contributed by atoms with Crippen molar-refractivity contribution in [3.8, 4) is 0 Å². The number of esters is 1. The van der Waals surface area contributed by atoms with Crippen LogP contribution in [-0.4, -0.2) is 30.4 Å². The third kappa shape index (κ3) is 3.15. The lowest BCUT2D eigenvalue weighted by molar-refractivity contribution is -0.196. The molecule has 5 heteroatoms. The summed E-state index contributed by atoms with van der Waals surface area (Å²) >= 11 is 0. The Labute approximate surface area is 89.8 Å². The predicted molar refractivity (Wildman–Crippen MR) is 53.9 cm³/mol. The highest BCUT2D eigenvalue weighted by molar-refractivity contribution is 5.80. The summed E-state index contributed by atoms with van der Waals surface area (Å²) in [6.45, 7) is 6.38. The van der Waals surface area contributed by atoms with Crippen molar-refractivity contribution in [1.82, 2.24) is 0 Å². The van der Waals surface area contributed by atoms with E-state index < -0.39 is 17.2 Å². The second kappa shape index (κ2) is 4.47. The fourth-order valence-corrected chi connectivity index (χ4v) is 1.44. The molecule has 0 atom stereocenters. The molecule has 0 spiro atoms. The molecule has 0 unspecified atom stereocenters. The Kier molecular flexibility index (Phi) is 3.70. The Morgan fingerprint density at radius 1 is 1.33 bits per heavy atom. The van der Waals surface area contributed by atoms with Crippen molar-refractivity contribution >= 4 is 5.97 Å². The summed E-state index contributed by atoms with van der Waals surface area (Å²) in [7, 11) is 0. The molecule has 88 valence electrons. The monoisotopic (exact) mass is 217 g/mol. The van der Waals surface area contributed by atoms with Crippen LogP contribution in [0.1, 0.15) is 33.6 Å². The molecule has 0 aliphatic carbocycles. The van der Waals surface area contributed by atoms with Gasteiger partial charge in [0.05, 0.1) is 0 Å². The zero-order valence-corrected chi connectivity index (χ0v) is 9.54. The lowest BCUT2D eigenvalue weighted by atomic mass is 9.94. The number of carbonyl (C=O) groups excluding carboxylic acids is 1. The molecular formula is C10H19NO4. The van der Waals surface area contributed by atoms with Gasteiger partial charge in [-0.3, -0.25) is 4.84 Å². The molecule has 0 aromatic carbocycles. The standard InChI is InChI=1S/C10H19NO4/c1-9(2,3)14-8(12)10(15-11)4-6-13-7-5-10/h4-7,11H2,1-3H3. The highest BCUT2D eigenvalue weighted by Gasteiger charge is 2.44. The normalized spacial score (nSPS) is 21.1. The van der Waals surface area contributed by atoms with E-state index in [1.165, 1.54) is 0 Å². The van der Waals surface area contributed by atoms with Crippen LogP contribution in [0.5, 0.6) is 0 Å². The summed E-state index contributed by atoms with van der Waals surface area (Å²) in [4.78, 5) is 16.7. The van der Waals surface area contributed by atoms with Gasteiger partial charge in [0.15, 0.2) is 5.60 Å². The van der Waals surface area contributed by atoms with Crippen molar-refractivity contribution < 1.29 is 19.1 Å². The molecule has 1 aliphatic heterocycles. The van der Waals surface area contributed by atoms with Crippen LogP contribution in [0.4, 0.5) is 0 Å². The average molecular weight is 217 g/mol. The molecule has 1 saturated heterocycles. The second-order valence-electron chi connectivity index (χ2n) is 4.73. The van der Waals surface area contributed by atoms with E-state index in [4.69, 9.17) is 20.2 Å². The molecule has 1 rings (SSSR count). The van der Waals surface area contributed by atoms with Crippen LogP contribution >= 0.6 is 0 Å². The fourth-order valence-electron chi connectivity index (χ4n) is 1.44. The lowest BCUT2D eigenvalue weighted by Crippen LogP contribution is -2.50. The van der Waals surface area contributed by atoms with Crippen molar-refractivity contribution in [3.05, 3.63) is 0 Å². The summed E-state index contributed by atoms with van der Waals surface area (Å²) in [5.41, 5.74) is -1.55. The van der Waals surface area contributed by atoms with Crippen molar-refractivity contribution in [2.24, 2.45) is 5.90 Å². The smallest absolute Gasteiger partial charge is 0.341 e. The molecular weight excluding hydrogens is 198 g/mol. The number of carbonyl (C=O) groups is 1. The van der Waals surface area contributed by atoms with Gasteiger partial charge in [0.1, 0.15) is 5.60 Å². The Bertz CT molecular complexity index is 228. The van der Waals surface area contributed by atoms with Gasteiger partial charge in [-0.05, 0) is 20.8 Å². The first-order valence-electron chi connectivity index (χ1n) is 5.09. The molecule has 1 heterocycles. The van der Waals surface area contributed by atoms with Gasteiger partial charge in [0.2, 0.25) is 0 Å². The van der Waals surface area contributed by atoms with Gasteiger partial charge in [0.25, 0.3) is 0 Å². The third-order valence-electron chi connectivity index (χ3n) is 2.30. The highest BCUT2D eigenvalue weighted by Crippen LogP contribution is 2.27. The van der Waals surface area contributed by atoms with Crippen molar-refractivity contribution in [3.63, 3.8) is 0 Å². The molecule has 0 radical (unpaired) electrons. The van der Waals surface area contributed by atoms with Gasteiger partial charge in [0, 0.05) is 26.1 Å². The molecule has 0 aromatic rings. The number of nitrogens with two attached hydrogens (primary N) is 1. The van der Waals surface area contributed by atoms with Crippen LogP contribution in [0, 0.1) is 0 Å². The van der Waals surface area contributed by atoms with Crippen molar-refractivity contribution in [2.45, 2.75) is 44.8 Å². The summed E-state index contributed by atoms with van der Waals surface area (Å²) in [5, 5.41) is 0. The van der Waals surface area contributed by atoms with E-state index in [9.17, 15) is 4.79 Å². The molecule has 0 aromatic heterocycles. The number of hydrogen-bond donors (Lipinski definition) is 1. The molecule has 0 saturated carbocycles. The maximum absolute atomic E-state index is 11.9. The summed E-state index contributed by atoms with van der Waals surface area (Å²) < 4.78 is 10.4.